The Morgan fingerprint density at radius 1 is 1.07 bits per heavy atom. The fourth-order valence-electron chi connectivity index (χ4n) is 3.48. The van der Waals surface area contributed by atoms with Crippen LogP contribution in [-0.4, -0.2) is 47.1 Å². The van der Waals surface area contributed by atoms with Crippen molar-refractivity contribution >= 4 is 26.6 Å². The summed E-state index contributed by atoms with van der Waals surface area (Å²) in [5.74, 6) is -0.287. The van der Waals surface area contributed by atoms with Crippen LogP contribution in [0, 0.1) is 0 Å². The maximum Gasteiger partial charge on any atom is 0.261 e. The van der Waals surface area contributed by atoms with E-state index in [2.05, 4.69) is 4.98 Å². The molecule has 0 radical (unpaired) electrons. The van der Waals surface area contributed by atoms with Crippen LogP contribution in [0.3, 0.4) is 0 Å². The second-order valence-corrected chi connectivity index (χ2v) is 9.03. The molecule has 2 heterocycles. The van der Waals surface area contributed by atoms with Crippen LogP contribution >= 0.6 is 0 Å². The minimum absolute atomic E-state index is 0.131. The zero-order valence-electron chi connectivity index (χ0n) is 15.1. The Labute approximate surface area is 162 Å². The summed E-state index contributed by atoms with van der Waals surface area (Å²) in [5.41, 5.74) is 0.290. The van der Waals surface area contributed by atoms with E-state index in [0.29, 0.717) is 23.9 Å². The first-order valence-electron chi connectivity index (χ1n) is 8.98. The van der Waals surface area contributed by atoms with Crippen molar-refractivity contribution in [2.24, 2.45) is 0 Å². The van der Waals surface area contributed by atoms with Crippen molar-refractivity contribution in [3.8, 4) is 0 Å². The van der Waals surface area contributed by atoms with Gasteiger partial charge in [-0.25, -0.2) is 13.4 Å². The SMILES string of the molecule is O=C(Cn1cnc2ccccc2c1=O)N1CCC(S(=O)(=O)c2ccccc2)C1. The van der Waals surface area contributed by atoms with Crippen LogP contribution in [-0.2, 0) is 21.2 Å². The van der Waals surface area contributed by atoms with Gasteiger partial charge in [-0.1, -0.05) is 30.3 Å². The average Bonchev–Trinajstić information content (AvgIpc) is 3.22. The molecule has 1 aliphatic heterocycles. The van der Waals surface area contributed by atoms with E-state index >= 15 is 0 Å². The summed E-state index contributed by atoms with van der Waals surface area (Å²) in [6.07, 6.45) is 1.74. The molecule has 1 atom stereocenters. The average molecular weight is 397 g/mol. The predicted molar refractivity (Wildman–Crippen MR) is 105 cm³/mol. The highest BCUT2D eigenvalue weighted by Gasteiger charge is 2.36. The number of amides is 1. The Hall–Kier alpha value is -3.00. The lowest BCUT2D eigenvalue weighted by atomic mass is 10.2. The monoisotopic (exact) mass is 397 g/mol. The normalized spacial score (nSPS) is 17.1. The summed E-state index contributed by atoms with van der Waals surface area (Å²) in [7, 11) is -3.49. The van der Waals surface area contributed by atoms with Crippen molar-refractivity contribution in [2.75, 3.05) is 13.1 Å². The van der Waals surface area contributed by atoms with Gasteiger partial charge in [0.2, 0.25) is 5.91 Å². The molecular weight excluding hydrogens is 378 g/mol. The fourth-order valence-corrected chi connectivity index (χ4v) is 5.19. The van der Waals surface area contributed by atoms with E-state index < -0.39 is 15.1 Å². The standard InChI is InChI=1S/C20H19N3O4S/c24-19(13-23-14-21-18-9-5-4-8-17(18)20(23)25)22-11-10-16(12-22)28(26,27)15-6-2-1-3-7-15/h1-9,14,16H,10-13H2. The van der Waals surface area contributed by atoms with Gasteiger partial charge in [-0.3, -0.25) is 14.2 Å². The topological polar surface area (TPSA) is 89.3 Å². The minimum atomic E-state index is -3.49. The Kier molecular flexibility index (Phi) is 4.72. The van der Waals surface area contributed by atoms with Gasteiger partial charge < -0.3 is 4.90 Å². The molecule has 1 fully saturated rings. The molecule has 7 nitrogen and oxygen atoms in total. The van der Waals surface area contributed by atoms with Crippen molar-refractivity contribution < 1.29 is 13.2 Å². The molecule has 0 N–H and O–H groups in total. The van der Waals surface area contributed by atoms with Crippen LogP contribution in [0.4, 0.5) is 0 Å². The summed E-state index contributed by atoms with van der Waals surface area (Å²) < 4.78 is 26.8. The fraction of sp³-hybridized carbons (Fsp3) is 0.250. The number of benzene rings is 2. The predicted octanol–water partition coefficient (Wildman–Crippen LogP) is 1.47. The molecule has 4 rings (SSSR count). The van der Waals surface area contributed by atoms with Gasteiger partial charge in [0.15, 0.2) is 9.84 Å². The molecule has 28 heavy (non-hydrogen) atoms. The Bertz CT molecular complexity index is 1190. The lowest BCUT2D eigenvalue weighted by Gasteiger charge is -2.17. The zero-order valence-corrected chi connectivity index (χ0v) is 15.9. The molecule has 2 aromatic carbocycles. The van der Waals surface area contributed by atoms with Crippen molar-refractivity contribution in [3.63, 3.8) is 0 Å². The number of hydrogen-bond donors (Lipinski definition) is 0. The van der Waals surface area contributed by atoms with Crippen LogP contribution in [0.1, 0.15) is 6.42 Å². The second-order valence-electron chi connectivity index (χ2n) is 6.80. The first-order chi connectivity index (χ1) is 13.5. The van der Waals surface area contributed by atoms with Crippen LogP contribution in [0.5, 0.6) is 0 Å². The molecule has 1 amide bonds. The van der Waals surface area contributed by atoms with Crippen LogP contribution in [0.2, 0.25) is 0 Å². The van der Waals surface area contributed by atoms with E-state index in [-0.39, 0.29) is 29.5 Å². The van der Waals surface area contributed by atoms with E-state index in [9.17, 15) is 18.0 Å². The lowest BCUT2D eigenvalue weighted by molar-refractivity contribution is -0.130. The maximum absolute atomic E-state index is 12.8. The molecule has 1 unspecified atom stereocenters. The summed E-state index contributed by atoms with van der Waals surface area (Å²) in [5, 5.41) is -0.186. The smallest absolute Gasteiger partial charge is 0.261 e. The van der Waals surface area contributed by atoms with Crippen molar-refractivity contribution in [1.29, 1.82) is 0 Å². The third-order valence-electron chi connectivity index (χ3n) is 5.05. The molecule has 144 valence electrons. The zero-order chi connectivity index (χ0) is 19.7. The maximum atomic E-state index is 12.8. The molecule has 1 aliphatic rings. The highest BCUT2D eigenvalue weighted by molar-refractivity contribution is 7.92. The highest BCUT2D eigenvalue weighted by Crippen LogP contribution is 2.24. The molecule has 1 aromatic heterocycles. The van der Waals surface area contributed by atoms with E-state index in [1.807, 2.05) is 0 Å². The highest BCUT2D eigenvalue weighted by atomic mass is 32.2. The number of carbonyl (C=O) groups excluding carboxylic acids is 1. The summed E-state index contributed by atoms with van der Waals surface area (Å²) in [6, 6.07) is 15.2. The van der Waals surface area contributed by atoms with Gasteiger partial charge in [0.1, 0.15) is 6.54 Å². The quantitative estimate of drug-likeness (QED) is 0.665. The van der Waals surface area contributed by atoms with Crippen LogP contribution < -0.4 is 5.56 Å². The van der Waals surface area contributed by atoms with E-state index in [1.165, 1.54) is 15.8 Å². The first kappa shape index (κ1) is 18.4. The number of likely N-dealkylation sites (tertiary alicyclic amines) is 1. The van der Waals surface area contributed by atoms with Gasteiger partial charge >= 0.3 is 0 Å². The number of carbonyl (C=O) groups is 1. The number of sulfone groups is 1. The van der Waals surface area contributed by atoms with Gasteiger partial charge in [0.05, 0.1) is 27.4 Å². The molecule has 1 saturated heterocycles. The third-order valence-corrected chi connectivity index (χ3v) is 7.24. The van der Waals surface area contributed by atoms with Gasteiger partial charge in [-0.15, -0.1) is 0 Å². The largest absolute Gasteiger partial charge is 0.340 e. The molecule has 0 aliphatic carbocycles. The number of fused-ring (bicyclic) bond motifs is 1. The van der Waals surface area contributed by atoms with E-state index in [0.717, 1.165) is 0 Å². The Morgan fingerprint density at radius 2 is 1.79 bits per heavy atom. The molecular formula is C20H19N3O4S. The Morgan fingerprint density at radius 3 is 2.57 bits per heavy atom. The minimum Gasteiger partial charge on any atom is -0.340 e. The molecule has 3 aromatic rings. The molecule has 0 bridgehead atoms. The number of hydrogen-bond acceptors (Lipinski definition) is 5. The van der Waals surface area contributed by atoms with Gasteiger partial charge in [-0.05, 0) is 30.7 Å². The summed E-state index contributed by atoms with van der Waals surface area (Å²) in [6.45, 7) is 0.325. The van der Waals surface area contributed by atoms with E-state index in [1.54, 1.807) is 54.6 Å². The van der Waals surface area contributed by atoms with Crippen LogP contribution in [0.15, 0.2) is 70.6 Å². The van der Waals surface area contributed by atoms with Gasteiger partial charge in [0, 0.05) is 13.1 Å². The Balaban J connectivity index is 1.50. The van der Waals surface area contributed by atoms with Crippen molar-refractivity contribution in [3.05, 3.63) is 71.3 Å². The number of para-hydroxylation sites is 1. The van der Waals surface area contributed by atoms with Gasteiger partial charge in [0.25, 0.3) is 5.56 Å². The summed E-state index contributed by atoms with van der Waals surface area (Å²) >= 11 is 0. The molecule has 8 heteroatoms. The number of nitrogens with zero attached hydrogens (tertiary/aromatic N) is 3. The summed E-state index contributed by atoms with van der Waals surface area (Å²) in [4.78, 5) is 31.2. The molecule has 0 spiro atoms. The third kappa shape index (κ3) is 3.31. The number of rotatable bonds is 4. The van der Waals surface area contributed by atoms with E-state index in [4.69, 9.17) is 0 Å². The number of aromatic nitrogens is 2. The first-order valence-corrected chi connectivity index (χ1v) is 10.5. The molecule has 0 saturated carbocycles. The van der Waals surface area contributed by atoms with Crippen molar-refractivity contribution in [2.45, 2.75) is 23.1 Å². The van der Waals surface area contributed by atoms with Crippen LogP contribution in [0.25, 0.3) is 10.9 Å². The lowest BCUT2D eigenvalue weighted by Crippen LogP contribution is -2.36. The second kappa shape index (κ2) is 7.20. The van der Waals surface area contributed by atoms with Crippen molar-refractivity contribution in [1.82, 2.24) is 14.5 Å². The van der Waals surface area contributed by atoms with Gasteiger partial charge in [-0.2, -0.15) is 0 Å².